The highest BCUT2D eigenvalue weighted by Crippen LogP contribution is 2.27. The SMILES string of the molecule is CC(C)N(C(=O)c1cccc(NC(=O)C2CCC(NS(=O)(=O)C(C)C)CC2)c1)C(C)C. The number of sulfonamides is 1. The monoisotopic (exact) mass is 451 g/mol. The number of nitrogens with zero attached hydrogens (tertiary/aromatic N) is 1. The second-order valence-electron chi connectivity index (χ2n) is 9.23. The zero-order valence-electron chi connectivity index (χ0n) is 19.5. The van der Waals surface area contributed by atoms with Gasteiger partial charge in [0.1, 0.15) is 0 Å². The first kappa shape index (κ1) is 25.3. The summed E-state index contributed by atoms with van der Waals surface area (Å²) in [5.74, 6) is -0.305. The second-order valence-corrected chi connectivity index (χ2v) is 11.5. The normalized spacial score (nSPS) is 19.6. The number of hydrogen-bond acceptors (Lipinski definition) is 4. The summed E-state index contributed by atoms with van der Waals surface area (Å²) in [4.78, 5) is 27.5. The summed E-state index contributed by atoms with van der Waals surface area (Å²) >= 11 is 0. The van der Waals surface area contributed by atoms with Gasteiger partial charge in [0.15, 0.2) is 0 Å². The van der Waals surface area contributed by atoms with Crippen LogP contribution in [0.2, 0.25) is 0 Å². The lowest BCUT2D eigenvalue weighted by atomic mass is 9.86. The van der Waals surface area contributed by atoms with Crippen molar-refractivity contribution in [1.29, 1.82) is 0 Å². The molecule has 31 heavy (non-hydrogen) atoms. The van der Waals surface area contributed by atoms with Gasteiger partial charge in [0.2, 0.25) is 15.9 Å². The maximum Gasteiger partial charge on any atom is 0.254 e. The Morgan fingerprint density at radius 3 is 2.06 bits per heavy atom. The molecule has 7 nitrogen and oxygen atoms in total. The van der Waals surface area contributed by atoms with E-state index in [-0.39, 0.29) is 35.9 Å². The maximum atomic E-state index is 12.9. The average Bonchev–Trinajstić information content (AvgIpc) is 2.67. The lowest BCUT2D eigenvalue weighted by Crippen LogP contribution is -2.42. The number of nitrogens with one attached hydrogen (secondary N) is 2. The molecule has 0 unspecified atom stereocenters. The van der Waals surface area contributed by atoms with Crippen molar-refractivity contribution in [3.63, 3.8) is 0 Å². The molecule has 1 fully saturated rings. The predicted molar refractivity (Wildman–Crippen MR) is 124 cm³/mol. The number of rotatable bonds is 8. The molecule has 2 N–H and O–H groups in total. The van der Waals surface area contributed by atoms with Crippen LogP contribution in [-0.4, -0.2) is 48.5 Å². The molecule has 0 saturated heterocycles. The van der Waals surface area contributed by atoms with E-state index in [0.717, 1.165) is 0 Å². The molecule has 0 bridgehead atoms. The summed E-state index contributed by atoms with van der Waals surface area (Å²) in [6, 6.07) is 7.09. The van der Waals surface area contributed by atoms with E-state index in [4.69, 9.17) is 0 Å². The summed E-state index contributed by atoms with van der Waals surface area (Å²) in [5.41, 5.74) is 1.15. The summed E-state index contributed by atoms with van der Waals surface area (Å²) in [6.07, 6.45) is 2.54. The Morgan fingerprint density at radius 2 is 1.55 bits per heavy atom. The van der Waals surface area contributed by atoms with Gasteiger partial charge < -0.3 is 10.2 Å². The number of carbonyl (C=O) groups is 2. The molecule has 1 aliphatic rings. The zero-order chi connectivity index (χ0) is 23.3. The fourth-order valence-electron chi connectivity index (χ4n) is 4.03. The molecule has 174 valence electrons. The van der Waals surface area contributed by atoms with Crippen LogP contribution in [0.15, 0.2) is 24.3 Å². The molecule has 1 aliphatic carbocycles. The zero-order valence-corrected chi connectivity index (χ0v) is 20.3. The van der Waals surface area contributed by atoms with Gasteiger partial charge in [0, 0.05) is 35.3 Å². The van der Waals surface area contributed by atoms with Gasteiger partial charge in [0.05, 0.1) is 5.25 Å². The molecular weight excluding hydrogens is 414 g/mol. The smallest absolute Gasteiger partial charge is 0.254 e. The molecule has 2 amide bonds. The second kappa shape index (κ2) is 10.6. The Hall–Kier alpha value is -1.93. The standard InChI is InChI=1S/C23H37N3O4S/c1-15(2)26(16(3)4)23(28)19-8-7-9-21(14-19)24-22(27)18-10-12-20(13-11-18)25-31(29,30)17(5)6/h7-9,14-18,20,25H,10-13H2,1-6H3,(H,24,27). The first-order chi connectivity index (χ1) is 14.4. The Balaban J connectivity index is 1.98. The molecule has 2 rings (SSSR count). The van der Waals surface area contributed by atoms with Gasteiger partial charge in [-0.15, -0.1) is 0 Å². The third kappa shape index (κ3) is 6.77. The van der Waals surface area contributed by atoms with Crippen LogP contribution in [0.3, 0.4) is 0 Å². The van der Waals surface area contributed by atoms with Gasteiger partial charge in [-0.1, -0.05) is 6.07 Å². The summed E-state index contributed by atoms with van der Waals surface area (Å²) in [5, 5.41) is 2.47. The van der Waals surface area contributed by atoms with Crippen molar-refractivity contribution >= 4 is 27.5 Å². The Bertz CT molecular complexity index is 865. The van der Waals surface area contributed by atoms with Crippen LogP contribution in [0.25, 0.3) is 0 Å². The lowest BCUT2D eigenvalue weighted by molar-refractivity contribution is -0.120. The quantitative estimate of drug-likeness (QED) is 0.629. The largest absolute Gasteiger partial charge is 0.334 e. The van der Waals surface area contributed by atoms with Gasteiger partial charge >= 0.3 is 0 Å². The number of carbonyl (C=O) groups excluding carboxylic acids is 2. The summed E-state index contributed by atoms with van der Waals surface area (Å²) in [7, 11) is -3.30. The fraction of sp³-hybridized carbons (Fsp3) is 0.652. The van der Waals surface area contributed by atoms with Crippen LogP contribution in [0, 0.1) is 5.92 Å². The topological polar surface area (TPSA) is 95.6 Å². The van der Waals surface area contributed by atoms with E-state index < -0.39 is 15.3 Å². The molecule has 1 saturated carbocycles. The molecule has 0 atom stereocenters. The van der Waals surface area contributed by atoms with E-state index >= 15 is 0 Å². The van der Waals surface area contributed by atoms with Crippen LogP contribution in [0.1, 0.15) is 77.6 Å². The van der Waals surface area contributed by atoms with Crippen LogP contribution < -0.4 is 10.0 Å². The highest BCUT2D eigenvalue weighted by atomic mass is 32.2. The first-order valence-electron chi connectivity index (χ1n) is 11.2. The van der Waals surface area contributed by atoms with Crippen LogP contribution in [0.5, 0.6) is 0 Å². The van der Waals surface area contributed by atoms with E-state index in [9.17, 15) is 18.0 Å². The first-order valence-corrected chi connectivity index (χ1v) is 12.7. The van der Waals surface area contributed by atoms with Gasteiger partial charge in [0.25, 0.3) is 5.91 Å². The third-order valence-electron chi connectivity index (χ3n) is 5.77. The van der Waals surface area contributed by atoms with Crippen LogP contribution >= 0.6 is 0 Å². The summed E-state index contributed by atoms with van der Waals surface area (Å²) in [6.45, 7) is 11.3. The van der Waals surface area contributed by atoms with Gasteiger partial charge in [-0.2, -0.15) is 0 Å². The van der Waals surface area contributed by atoms with E-state index in [2.05, 4.69) is 10.0 Å². The van der Waals surface area contributed by atoms with Crippen LogP contribution in [-0.2, 0) is 14.8 Å². The Morgan fingerprint density at radius 1 is 0.968 bits per heavy atom. The van der Waals surface area contributed by atoms with Crippen molar-refractivity contribution in [2.75, 3.05) is 5.32 Å². The van der Waals surface area contributed by atoms with Gasteiger partial charge in [-0.3, -0.25) is 9.59 Å². The molecule has 1 aromatic rings. The highest BCUT2D eigenvalue weighted by molar-refractivity contribution is 7.90. The number of amides is 2. The van der Waals surface area contributed by atoms with Crippen molar-refractivity contribution < 1.29 is 18.0 Å². The van der Waals surface area contributed by atoms with Gasteiger partial charge in [-0.25, -0.2) is 13.1 Å². The van der Waals surface area contributed by atoms with Crippen molar-refractivity contribution in [3.05, 3.63) is 29.8 Å². The van der Waals surface area contributed by atoms with E-state index in [1.54, 1.807) is 38.1 Å². The van der Waals surface area contributed by atoms with Crippen molar-refractivity contribution in [3.8, 4) is 0 Å². The molecule has 0 radical (unpaired) electrons. The Kier molecular flexibility index (Phi) is 8.65. The van der Waals surface area contributed by atoms with E-state index in [0.29, 0.717) is 36.9 Å². The van der Waals surface area contributed by atoms with E-state index in [1.807, 2.05) is 32.6 Å². The third-order valence-corrected chi connectivity index (χ3v) is 7.68. The van der Waals surface area contributed by atoms with Crippen molar-refractivity contribution in [1.82, 2.24) is 9.62 Å². The predicted octanol–water partition coefficient (Wildman–Crippen LogP) is 3.77. The molecule has 8 heteroatoms. The van der Waals surface area contributed by atoms with Crippen molar-refractivity contribution in [2.24, 2.45) is 5.92 Å². The molecule has 1 aromatic carbocycles. The van der Waals surface area contributed by atoms with Crippen LogP contribution in [0.4, 0.5) is 5.69 Å². The minimum atomic E-state index is -3.30. The number of anilines is 1. The average molecular weight is 452 g/mol. The Labute approximate surface area is 187 Å². The number of hydrogen-bond donors (Lipinski definition) is 2. The molecule has 0 heterocycles. The molecule has 0 aliphatic heterocycles. The number of benzene rings is 1. The molecule has 0 spiro atoms. The minimum Gasteiger partial charge on any atom is -0.334 e. The summed E-state index contributed by atoms with van der Waals surface area (Å²) < 4.78 is 26.9. The molecule has 0 aromatic heterocycles. The lowest BCUT2D eigenvalue weighted by Gasteiger charge is -2.31. The highest BCUT2D eigenvalue weighted by Gasteiger charge is 2.29. The molecular formula is C23H37N3O4S. The minimum absolute atomic E-state index is 0.0564. The maximum absolute atomic E-state index is 12.9. The van der Waals surface area contributed by atoms with Gasteiger partial charge in [-0.05, 0) is 85.4 Å². The van der Waals surface area contributed by atoms with E-state index in [1.165, 1.54) is 0 Å². The van der Waals surface area contributed by atoms with Crippen molar-refractivity contribution in [2.45, 2.75) is 90.6 Å². The fourth-order valence-corrected chi connectivity index (χ4v) is 5.00.